The maximum absolute atomic E-state index is 11.2. The van der Waals surface area contributed by atoms with Gasteiger partial charge < -0.3 is 9.84 Å². The molecule has 0 saturated heterocycles. The molecule has 1 saturated carbocycles. The highest BCUT2D eigenvalue weighted by molar-refractivity contribution is 6.31. The van der Waals surface area contributed by atoms with Crippen molar-refractivity contribution in [3.8, 4) is 0 Å². The van der Waals surface area contributed by atoms with Crippen LogP contribution >= 0.6 is 11.6 Å². The fraction of sp³-hybridized carbons (Fsp3) is 0.812. The zero-order valence-corrected chi connectivity index (χ0v) is 14.1. The van der Waals surface area contributed by atoms with E-state index in [1.807, 2.05) is 4.68 Å². The van der Waals surface area contributed by atoms with Gasteiger partial charge in [0, 0.05) is 7.11 Å². The second-order valence-corrected chi connectivity index (χ2v) is 7.09. The Kier molecular flexibility index (Phi) is 5.69. The summed E-state index contributed by atoms with van der Waals surface area (Å²) in [6.07, 6.45) is 6.58. The number of methoxy groups -OCH3 is 1. The molecule has 2 atom stereocenters. The van der Waals surface area contributed by atoms with Crippen molar-refractivity contribution in [1.82, 2.24) is 9.78 Å². The number of hydrogen-bond donors (Lipinski definition) is 1. The van der Waals surface area contributed by atoms with Gasteiger partial charge in [0.1, 0.15) is 5.60 Å². The van der Waals surface area contributed by atoms with Gasteiger partial charge in [0.05, 0.1) is 30.1 Å². The SMILES string of the molecule is COCCn1ncc(Cl)c1C1(O)CCCC(CC(C)C)C1. The molecule has 4 nitrogen and oxygen atoms in total. The molecule has 0 spiro atoms. The first-order chi connectivity index (χ1) is 9.96. The summed E-state index contributed by atoms with van der Waals surface area (Å²) in [5, 5.41) is 16.1. The molecular formula is C16H27ClN2O2. The number of halogens is 1. The van der Waals surface area contributed by atoms with E-state index in [0.29, 0.717) is 30.0 Å². The monoisotopic (exact) mass is 314 g/mol. The van der Waals surface area contributed by atoms with E-state index in [0.717, 1.165) is 31.4 Å². The van der Waals surface area contributed by atoms with Crippen LogP contribution in [0.4, 0.5) is 0 Å². The van der Waals surface area contributed by atoms with Gasteiger partial charge in [0.2, 0.25) is 0 Å². The van der Waals surface area contributed by atoms with E-state index in [1.165, 1.54) is 6.42 Å². The lowest BCUT2D eigenvalue weighted by Gasteiger charge is -2.38. The van der Waals surface area contributed by atoms with Gasteiger partial charge in [-0.2, -0.15) is 5.10 Å². The summed E-state index contributed by atoms with van der Waals surface area (Å²) in [4.78, 5) is 0. The Morgan fingerprint density at radius 2 is 2.33 bits per heavy atom. The van der Waals surface area contributed by atoms with Gasteiger partial charge in [-0.1, -0.05) is 31.9 Å². The van der Waals surface area contributed by atoms with Gasteiger partial charge in [-0.05, 0) is 37.5 Å². The molecule has 0 radical (unpaired) electrons. The van der Waals surface area contributed by atoms with Gasteiger partial charge in [-0.15, -0.1) is 0 Å². The van der Waals surface area contributed by atoms with Crippen molar-refractivity contribution < 1.29 is 9.84 Å². The highest BCUT2D eigenvalue weighted by Gasteiger charge is 2.40. The Hall–Kier alpha value is -0.580. The average Bonchev–Trinajstić information content (AvgIpc) is 2.77. The van der Waals surface area contributed by atoms with Crippen LogP contribution < -0.4 is 0 Å². The van der Waals surface area contributed by atoms with Gasteiger partial charge in [0.25, 0.3) is 0 Å². The van der Waals surface area contributed by atoms with Crippen LogP contribution in [0.15, 0.2) is 6.20 Å². The molecule has 0 aliphatic heterocycles. The lowest BCUT2D eigenvalue weighted by atomic mass is 9.73. The number of aliphatic hydroxyl groups is 1. The fourth-order valence-corrected chi connectivity index (χ4v) is 3.94. The van der Waals surface area contributed by atoms with Gasteiger partial charge in [-0.25, -0.2) is 0 Å². The van der Waals surface area contributed by atoms with Crippen molar-refractivity contribution in [3.63, 3.8) is 0 Å². The van der Waals surface area contributed by atoms with Crippen LogP contribution in [0.3, 0.4) is 0 Å². The molecule has 2 unspecified atom stereocenters. The third-order valence-electron chi connectivity index (χ3n) is 4.38. The van der Waals surface area contributed by atoms with E-state index in [1.54, 1.807) is 13.3 Å². The van der Waals surface area contributed by atoms with Crippen LogP contribution in [-0.4, -0.2) is 28.6 Å². The number of nitrogens with zero attached hydrogens (tertiary/aromatic N) is 2. The molecule has 120 valence electrons. The Bertz CT molecular complexity index is 461. The summed E-state index contributed by atoms with van der Waals surface area (Å²) in [6, 6.07) is 0. The highest BCUT2D eigenvalue weighted by atomic mass is 35.5. The summed E-state index contributed by atoms with van der Waals surface area (Å²) in [5.41, 5.74) is -0.0752. The summed E-state index contributed by atoms with van der Waals surface area (Å²) >= 11 is 6.32. The van der Waals surface area contributed by atoms with Crippen molar-refractivity contribution in [2.75, 3.05) is 13.7 Å². The predicted molar refractivity (Wildman–Crippen MR) is 84.4 cm³/mol. The molecule has 0 amide bonds. The third kappa shape index (κ3) is 3.99. The lowest BCUT2D eigenvalue weighted by molar-refractivity contribution is -0.0322. The van der Waals surface area contributed by atoms with E-state index in [9.17, 15) is 5.11 Å². The zero-order chi connectivity index (χ0) is 15.5. The maximum Gasteiger partial charge on any atom is 0.108 e. The number of ether oxygens (including phenoxy) is 1. The van der Waals surface area contributed by atoms with Crippen LogP contribution in [0, 0.1) is 11.8 Å². The Morgan fingerprint density at radius 3 is 3.00 bits per heavy atom. The van der Waals surface area contributed by atoms with Crippen LogP contribution in [0.2, 0.25) is 5.02 Å². The second kappa shape index (κ2) is 7.12. The molecule has 1 aliphatic carbocycles. The number of aromatic nitrogens is 2. The van der Waals surface area contributed by atoms with Gasteiger partial charge >= 0.3 is 0 Å². The van der Waals surface area contributed by atoms with E-state index in [2.05, 4.69) is 18.9 Å². The van der Waals surface area contributed by atoms with E-state index in [4.69, 9.17) is 16.3 Å². The van der Waals surface area contributed by atoms with Crippen LogP contribution in [0.5, 0.6) is 0 Å². The first-order valence-electron chi connectivity index (χ1n) is 7.89. The smallest absolute Gasteiger partial charge is 0.108 e. The molecule has 1 aromatic heterocycles. The van der Waals surface area contributed by atoms with Crippen molar-refractivity contribution in [1.29, 1.82) is 0 Å². The number of hydrogen-bond acceptors (Lipinski definition) is 3. The standard InChI is InChI=1S/C16H27ClN2O2/c1-12(2)9-13-5-4-6-16(20,10-13)15-14(17)11-18-19(15)7-8-21-3/h11-13,20H,4-10H2,1-3H3. The highest BCUT2D eigenvalue weighted by Crippen LogP contribution is 2.44. The minimum atomic E-state index is -0.848. The van der Waals surface area contributed by atoms with Crippen molar-refractivity contribution >= 4 is 11.6 Å². The minimum absolute atomic E-state index is 0.561. The molecular weight excluding hydrogens is 288 g/mol. The number of rotatable bonds is 6. The summed E-state index contributed by atoms with van der Waals surface area (Å²) in [7, 11) is 1.67. The third-order valence-corrected chi connectivity index (χ3v) is 4.65. The molecule has 1 fully saturated rings. The van der Waals surface area contributed by atoms with E-state index < -0.39 is 5.60 Å². The Balaban J connectivity index is 2.20. The maximum atomic E-state index is 11.2. The normalized spacial score (nSPS) is 26.5. The molecule has 1 aliphatic rings. The minimum Gasteiger partial charge on any atom is -0.384 e. The molecule has 21 heavy (non-hydrogen) atoms. The van der Waals surface area contributed by atoms with E-state index in [-0.39, 0.29) is 0 Å². The van der Waals surface area contributed by atoms with Crippen LogP contribution in [-0.2, 0) is 16.9 Å². The van der Waals surface area contributed by atoms with Crippen molar-refractivity contribution in [3.05, 3.63) is 16.9 Å². The summed E-state index contributed by atoms with van der Waals surface area (Å²) < 4.78 is 6.93. The molecule has 2 rings (SSSR count). The predicted octanol–water partition coefficient (Wildman–Crippen LogP) is 3.61. The average molecular weight is 315 g/mol. The first-order valence-corrected chi connectivity index (χ1v) is 8.27. The summed E-state index contributed by atoms with van der Waals surface area (Å²) in [5.74, 6) is 1.22. The molecule has 0 aromatic carbocycles. The summed E-state index contributed by atoms with van der Waals surface area (Å²) in [6.45, 7) is 5.67. The van der Waals surface area contributed by atoms with Crippen molar-refractivity contribution in [2.45, 2.75) is 58.1 Å². The molecule has 1 heterocycles. The fourth-order valence-electron chi connectivity index (χ4n) is 3.62. The van der Waals surface area contributed by atoms with Gasteiger partial charge in [0.15, 0.2) is 0 Å². The first kappa shape index (κ1) is 16.8. The molecule has 1 aromatic rings. The quantitative estimate of drug-likeness (QED) is 0.872. The van der Waals surface area contributed by atoms with Gasteiger partial charge in [-0.3, -0.25) is 4.68 Å². The molecule has 1 N–H and O–H groups in total. The van der Waals surface area contributed by atoms with Crippen LogP contribution in [0.25, 0.3) is 0 Å². The largest absolute Gasteiger partial charge is 0.384 e. The topological polar surface area (TPSA) is 47.3 Å². The zero-order valence-electron chi connectivity index (χ0n) is 13.3. The molecule has 0 bridgehead atoms. The Labute approximate surface area is 132 Å². The lowest BCUT2D eigenvalue weighted by Crippen LogP contribution is -2.36. The van der Waals surface area contributed by atoms with Crippen molar-refractivity contribution in [2.24, 2.45) is 11.8 Å². The van der Waals surface area contributed by atoms with Crippen LogP contribution in [0.1, 0.15) is 51.6 Å². The Morgan fingerprint density at radius 1 is 1.57 bits per heavy atom. The van der Waals surface area contributed by atoms with E-state index >= 15 is 0 Å². The molecule has 5 heteroatoms. The second-order valence-electron chi connectivity index (χ2n) is 6.68.